The number of ether oxygens (including phenoxy) is 1. The van der Waals surface area contributed by atoms with Gasteiger partial charge in [-0.15, -0.1) is 11.3 Å². The van der Waals surface area contributed by atoms with Crippen LogP contribution in [0.5, 0.6) is 5.75 Å². The van der Waals surface area contributed by atoms with Crippen LogP contribution in [0.4, 0.5) is 0 Å². The number of benzene rings is 1. The highest BCUT2D eigenvalue weighted by Crippen LogP contribution is 2.37. The van der Waals surface area contributed by atoms with Crippen LogP contribution in [0.2, 0.25) is 0 Å². The molecule has 2 rings (SSSR count). The van der Waals surface area contributed by atoms with Crippen LogP contribution in [0.1, 0.15) is 4.88 Å². The molecule has 1 N–H and O–H groups in total. The highest BCUT2D eigenvalue weighted by molar-refractivity contribution is 7.20. The van der Waals surface area contributed by atoms with Crippen molar-refractivity contribution >= 4 is 33.5 Å². The molecule has 0 amide bonds. The normalized spacial score (nSPS) is 11.1. The van der Waals surface area contributed by atoms with Crippen molar-refractivity contribution in [2.24, 2.45) is 0 Å². The Labute approximate surface area is 96.6 Å². The zero-order valence-electron chi connectivity index (χ0n) is 8.64. The topological polar surface area (TPSA) is 46.5 Å². The van der Waals surface area contributed by atoms with Gasteiger partial charge in [-0.1, -0.05) is 12.1 Å². The first-order valence-corrected chi connectivity index (χ1v) is 5.50. The summed E-state index contributed by atoms with van der Waals surface area (Å²) in [6.45, 7) is 0. The number of fused-ring (bicyclic) bond motifs is 1. The van der Waals surface area contributed by atoms with Crippen LogP contribution in [-0.2, 0) is 9.53 Å². The van der Waals surface area contributed by atoms with E-state index in [1.54, 1.807) is 6.08 Å². The molecular weight excluding hydrogens is 224 g/mol. The summed E-state index contributed by atoms with van der Waals surface area (Å²) < 4.78 is 5.47. The van der Waals surface area contributed by atoms with Crippen molar-refractivity contribution in [1.82, 2.24) is 0 Å². The van der Waals surface area contributed by atoms with Crippen molar-refractivity contribution in [1.29, 1.82) is 0 Å². The predicted molar refractivity (Wildman–Crippen MR) is 64.5 cm³/mol. The molecule has 0 fully saturated rings. The fourth-order valence-corrected chi connectivity index (χ4v) is 2.38. The second-order valence-electron chi connectivity index (χ2n) is 3.17. The molecule has 16 heavy (non-hydrogen) atoms. The van der Waals surface area contributed by atoms with Gasteiger partial charge < -0.3 is 9.84 Å². The Bertz CT molecular complexity index is 554. The quantitative estimate of drug-likeness (QED) is 0.642. The number of carbonyl (C=O) groups is 1. The molecule has 0 atom stereocenters. The zero-order chi connectivity index (χ0) is 11.5. The molecule has 3 nitrogen and oxygen atoms in total. The van der Waals surface area contributed by atoms with Gasteiger partial charge in [-0.05, 0) is 18.2 Å². The summed E-state index contributed by atoms with van der Waals surface area (Å²) in [4.78, 5) is 11.6. The first kappa shape index (κ1) is 10.7. The van der Waals surface area contributed by atoms with Crippen LogP contribution < -0.4 is 0 Å². The van der Waals surface area contributed by atoms with Gasteiger partial charge in [0.2, 0.25) is 0 Å². The number of aromatic hydroxyl groups is 1. The summed E-state index contributed by atoms with van der Waals surface area (Å²) in [7, 11) is 1.32. The molecule has 0 unspecified atom stereocenters. The van der Waals surface area contributed by atoms with E-state index in [1.807, 2.05) is 24.3 Å². The maximum Gasteiger partial charge on any atom is 0.330 e. The molecule has 0 saturated carbocycles. The second kappa shape index (κ2) is 4.37. The molecule has 2 aromatic rings. The average Bonchev–Trinajstić information content (AvgIpc) is 2.64. The highest BCUT2D eigenvalue weighted by atomic mass is 32.1. The summed E-state index contributed by atoms with van der Waals surface area (Å²) in [5.41, 5.74) is 0. The average molecular weight is 234 g/mol. The van der Waals surface area contributed by atoms with Crippen molar-refractivity contribution in [3.8, 4) is 5.75 Å². The zero-order valence-corrected chi connectivity index (χ0v) is 9.45. The molecule has 0 aliphatic rings. The van der Waals surface area contributed by atoms with Crippen molar-refractivity contribution in [2.75, 3.05) is 7.11 Å². The molecule has 1 heterocycles. The molecule has 0 spiro atoms. The Kier molecular flexibility index (Phi) is 2.92. The first-order chi connectivity index (χ1) is 7.72. The van der Waals surface area contributed by atoms with E-state index in [9.17, 15) is 9.90 Å². The number of esters is 1. The van der Waals surface area contributed by atoms with Crippen molar-refractivity contribution in [2.45, 2.75) is 0 Å². The Hall–Kier alpha value is -1.81. The molecule has 1 aromatic carbocycles. The van der Waals surface area contributed by atoms with Crippen LogP contribution >= 0.6 is 11.3 Å². The third kappa shape index (κ3) is 1.92. The summed E-state index contributed by atoms with van der Waals surface area (Å²) in [5.74, 6) is -0.224. The number of methoxy groups -OCH3 is 1. The number of hydrogen-bond donors (Lipinski definition) is 1. The lowest BCUT2D eigenvalue weighted by molar-refractivity contribution is -0.134. The second-order valence-corrected chi connectivity index (χ2v) is 4.25. The highest BCUT2D eigenvalue weighted by Gasteiger charge is 2.08. The van der Waals surface area contributed by atoms with E-state index in [1.165, 1.54) is 24.5 Å². The minimum absolute atomic E-state index is 0.209. The number of hydrogen-bond acceptors (Lipinski definition) is 4. The Morgan fingerprint density at radius 1 is 1.44 bits per heavy atom. The van der Waals surface area contributed by atoms with Gasteiger partial charge in [-0.3, -0.25) is 0 Å². The first-order valence-electron chi connectivity index (χ1n) is 4.69. The van der Waals surface area contributed by atoms with Gasteiger partial charge in [0.1, 0.15) is 5.75 Å². The number of carbonyl (C=O) groups excluding carboxylic acids is 1. The molecule has 4 heteroatoms. The van der Waals surface area contributed by atoms with Gasteiger partial charge in [0, 0.05) is 16.2 Å². The molecule has 0 aliphatic heterocycles. The Morgan fingerprint density at radius 3 is 2.88 bits per heavy atom. The van der Waals surface area contributed by atoms with E-state index in [2.05, 4.69) is 4.74 Å². The van der Waals surface area contributed by atoms with Crippen molar-refractivity contribution in [3.05, 3.63) is 35.2 Å². The van der Waals surface area contributed by atoms with E-state index in [0.717, 1.165) is 10.1 Å². The van der Waals surface area contributed by atoms with Crippen molar-refractivity contribution in [3.63, 3.8) is 0 Å². The Morgan fingerprint density at radius 2 is 2.19 bits per heavy atom. The fourth-order valence-electron chi connectivity index (χ4n) is 1.38. The molecule has 0 aliphatic carbocycles. The maximum atomic E-state index is 10.9. The van der Waals surface area contributed by atoms with Crippen molar-refractivity contribution < 1.29 is 14.6 Å². The smallest absolute Gasteiger partial charge is 0.330 e. The molecule has 0 saturated heterocycles. The van der Waals surface area contributed by atoms with Crippen LogP contribution in [-0.4, -0.2) is 18.2 Å². The van der Waals surface area contributed by atoms with Gasteiger partial charge in [0.05, 0.1) is 12.0 Å². The summed E-state index contributed by atoms with van der Waals surface area (Å²) in [6, 6.07) is 7.54. The SMILES string of the molecule is COC(=O)C=Cc1sc2ccccc2c1O. The Balaban J connectivity index is 2.42. The largest absolute Gasteiger partial charge is 0.506 e. The van der Waals surface area contributed by atoms with Gasteiger partial charge in [0.15, 0.2) is 0 Å². The van der Waals surface area contributed by atoms with E-state index >= 15 is 0 Å². The van der Waals surface area contributed by atoms with Crippen LogP contribution in [0.15, 0.2) is 30.3 Å². The predicted octanol–water partition coefficient (Wildman–Crippen LogP) is 2.79. The third-order valence-electron chi connectivity index (χ3n) is 2.17. The standard InChI is InChI=1S/C12H10O3S/c1-15-11(13)7-6-10-12(14)8-4-2-3-5-9(8)16-10/h2-7,14H,1H3. The van der Waals surface area contributed by atoms with Gasteiger partial charge in [-0.25, -0.2) is 4.79 Å². The van der Waals surface area contributed by atoms with E-state index in [4.69, 9.17) is 0 Å². The fraction of sp³-hybridized carbons (Fsp3) is 0.0833. The maximum absolute atomic E-state index is 10.9. The lowest BCUT2D eigenvalue weighted by Gasteiger charge is -1.91. The van der Waals surface area contributed by atoms with E-state index < -0.39 is 5.97 Å². The van der Waals surface area contributed by atoms with Gasteiger partial charge in [-0.2, -0.15) is 0 Å². The van der Waals surface area contributed by atoms with Gasteiger partial charge >= 0.3 is 5.97 Å². The van der Waals surface area contributed by atoms with Crippen LogP contribution in [0.25, 0.3) is 16.2 Å². The molecule has 1 aromatic heterocycles. The van der Waals surface area contributed by atoms with Gasteiger partial charge in [0.25, 0.3) is 0 Å². The number of thiophene rings is 1. The lowest BCUT2D eigenvalue weighted by atomic mass is 10.2. The minimum Gasteiger partial charge on any atom is -0.506 e. The third-order valence-corrected chi connectivity index (χ3v) is 3.29. The monoisotopic (exact) mass is 234 g/mol. The molecule has 0 radical (unpaired) electrons. The lowest BCUT2D eigenvalue weighted by Crippen LogP contribution is -1.92. The molecule has 0 bridgehead atoms. The summed E-state index contributed by atoms with van der Waals surface area (Å²) in [6.07, 6.45) is 2.86. The van der Waals surface area contributed by atoms with Crippen LogP contribution in [0.3, 0.4) is 0 Å². The summed E-state index contributed by atoms with van der Waals surface area (Å²) in [5, 5.41) is 10.7. The minimum atomic E-state index is -0.433. The van der Waals surface area contributed by atoms with E-state index in [-0.39, 0.29) is 5.75 Å². The molecule has 82 valence electrons. The molecular formula is C12H10O3S. The van der Waals surface area contributed by atoms with E-state index in [0.29, 0.717) is 4.88 Å². The number of rotatable bonds is 2. The van der Waals surface area contributed by atoms with Crippen LogP contribution in [0, 0.1) is 0 Å². The summed E-state index contributed by atoms with van der Waals surface area (Å²) >= 11 is 1.43.